The first kappa shape index (κ1) is 8.02. The first-order chi connectivity index (χ1) is 4.70. The van der Waals surface area contributed by atoms with Crippen molar-refractivity contribution < 1.29 is 0 Å². The fourth-order valence-electron chi connectivity index (χ4n) is 1.48. The minimum Gasteiger partial charge on any atom is -0.309 e. The first-order valence-corrected chi connectivity index (χ1v) is 3.98. The van der Waals surface area contributed by atoms with E-state index in [1.807, 2.05) is 0 Å². The Morgan fingerprint density at radius 3 is 2.50 bits per heavy atom. The zero-order valence-corrected chi connectivity index (χ0v) is 7.17. The Hall–Kier alpha value is -0.0800. The molecule has 0 aromatic heterocycles. The van der Waals surface area contributed by atoms with Crippen molar-refractivity contribution >= 4 is 0 Å². The molecule has 2 nitrogen and oxygen atoms in total. The predicted molar refractivity (Wildman–Crippen MR) is 43.1 cm³/mol. The van der Waals surface area contributed by atoms with Gasteiger partial charge in [0.25, 0.3) is 0 Å². The smallest absolute Gasteiger partial charge is 0.0177 e. The van der Waals surface area contributed by atoms with Crippen molar-refractivity contribution in [2.24, 2.45) is 11.8 Å². The fraction of sp³-hybridized carbons (Fsp3) is 1.00. The Labute approximate surface area is 63.6 Å². The van der Waals surface area contributed by atoms with Crippen molar-refractivity contribution in [2.45, 2.75) is 6.92 Å². The zero-order valence-electron chi connectivity index (χ0n) is 7.17. The molecule has 0 spiro atoms. The summed E-state index contributed by atoms with van der Waals surface area (Å²) in [7, 11) is 4.26. The van der Waals surface area contributed by atoms with Crippen LogP contribution in [0.25, 0.3) is 0 Å². The van der Waals surface area contributed by atoms with E-state index < -0.39 is 0 Å². The topological polar surface area (TPSA) is 17.3 Å². The lowest BCUT2D eigenvalue weighted by Crippen LogP contribution is -2.25. The van der Waals surface area contributed by atoms with Gasteiger partial charge >= 0.3 is 0 Å². The third kappa shape index (κ3) is 1.96. The summed E-state index contributed by atoms with van der Waals surface area (Å²) in [4.78, 5) is 2.25. The summed E-state index contributed by atoms with van der Waals surface area (Å²) in [5, 5.41) is 4.37. The monoisotopic (exact) mass is 141 g/mol. The van der Waals surface area contributed by atoms with Gasteiger partial charge in [0.05, 0.1) is 0 Å². The molecule has 0 aromatic carbocycles. The van der Waals surface area contributed by atoms with Crippen molar-refractivity contribution in [2.75, 3.05) is 33.7 Å². The van der Waals surface area contributed by atoms with E-state index in [9.17, 15) is 0 Å². The third-order valence-corrected chi connectivity index (χ3v) is 2.19. The Kier molecular flexibility index (Phi) is 2.69. The minimum absolute atomic E-state index is 0.808. The predicted octanol–water partition coefficient (Wildman–Crippen LogP) is 0.418. The summed E-state index contributed by atoms with van der Waals surface area (Å²) < 4.78 is 0. The van der Waals surface area contributed by atoms with E-state index in [0.29, 0.717) is 0 Å². The van der Waals surface area contributed by atoms with E-state index in [4.69, 9.17) is 0 Å². The van der Waals surface area contributed by atoms with E-state index in [1.54, 1.807) is 0 Å². The van der Waals surface area contributed by atoms with Gasteiger partial charge in [-0.1, -0.05) is 6.92 Å². The summed E-state index contributed by atoms with van der Waals surface area (Å²) in [6, 6.07) is 0. The van der Waals surface area contributed by atoms with Gasteiger partial charge in [0.1, 0.15) is 0 Å². The van der Waals surface area contributed by atoms with Gasteiger partial charge in [-0.05, 0) is 25.9 Å². The van der Waals surface area contributed by atoms with Crippen LogP contribution in [0, 0.1) is 11.8 Å². The Bertz CT molecular complexity index is 101. The number of nitrogens with zero attached hydrogens (tertiary/aromatic N) is 2. The highest BCUT2D eigenvalue weighted by atomic mass is 15.1. The maximum absolute atomic E-state index is 4.37. The van der Waals surface area contributed by atoms with E-state index >= 15 is 0 Å². The van der Waals surface area contributed by atoms with Gasteiger partial charge in [-0.3, -0.25) is 0 Å². The average Bonchev–Trinajstić information content (AvgIpc) is 2.15. The molecule has 0 amide bonds. The van der Waals surface area contributed by atoms with Crippen LogP contribution in [-0.4, -0.2) is 38.6 Å². The lowest BCUT2D eigenvalue weighted by atomic mass is 9.98. The second kappa shape index (κ2) is 3.35. The summed E-state index contributed by atoms with van der Waals surface area (Å²) in [5.74, 6) is 1.62. The van der Waals surface area contributed by atoms with Crippen LogP contribution in [0.1, 0.15) is 6.92 Å². The number of hydrogen-bond donors (Lipinski definition) is 0. The van der Waals surface area contributed by atoms with E-state index in [2.05, 4.69) is 31.2 Å². The zero-order chi connectivity index (χ0) is 7.56. The first-order valence-electron chi connectivity index (χ1n) is 3.98. The van der Waals surface area contributed by atoms with Crippen LogP contribution >= 0.6 is 0 Å². The Morgan fingerprint density at radius 2 is 2.10 bits per heavy atom. The second-order valence-electron chi connectivity index (χ2n) is 3.59. The van der Waals surface area contributed by atoms with Gasteiger partial charge in [0, 0.05) is 19.6 Å². The van der Waals surface area contributed by atoms with Crippen molar-refractivity contribution in [3.63, 3.8) is 0 Å². The molecule has 1 aliphatic heterocycles. The van der Waals surface area contributed by atoms with Crippen LogP contribution in [0.4, 0.5) is 0 Å². The van der Waals surface area contributed by atoms with E-state index in [1.165, 1.54) is 6.54 Å². The highest BCUT2D eigenvalue weighted by molar-refractivity contribution is 4.78. The van der Waals surface area contributed by atoms with Gasteiger partial charge in [0.15, 0.2) is 0 Å². The Balaban J connectivity index is 2.26. The summed E-state index contributed by atoms with van der Waals surface area (Å²) in [5.41, 5.74) is 0. The Morgan fingerprint density at radius 1 is 1.40 bits per heavy atom. The van der Waals surface area contributed by atoms with Gasteiger partial charge < -0.3 is 4.90 Å². The van der Waals surface area contributed by atoms with Crippen molar-refractivity contribution in [3.8, 4) is 0 Å². The van der Waals surface area contributed by atoms with Crippen LogP contribution in [0.5, 0.6) is 0 Å². The molecule has 0 aromatic rings. The number of rotatable bonds is 2. The normalized spacial score (nSPS) is 33.6. The van der Waals surface area contributed by atoms with Crippen LogP contribution in [-0.2, 0) is 0 Å². The second-order valence-corrected chi connectivity index (χ2v) is 3.59. The molecule has 1 radical (unpaired) electrons. The van der Waals surface area contributed by atoms with Crippen LogP contribution < -0.4 is 5.32 Å². The highest BCUT2D eigenvalue weighted by Crippen LogP contribution is 2.16. The molecule has 2 unspecified atom stereocenters. The van der Waals surface area contributed by atoms with Crippen LogP contribution in [0.3, 0.4) is 0 Å². The third-order valence-electron chi connectivity index (χ3n) is 2.19. The largest absolute Gasteiger partial charge is 0.309 e. The molecule has 0 N–H and O–H groups in total. The molecule has 0 bridgehead atoms. The molecule has 1 fully saturated rings. The van der Waals surface area contributed by atoms with Crippen molar-refractivity contribution in [3.05, 3.63) is 0 Å². The van der Waals surface area contributed by atoms with Crippen LogP contribution in [0.15, 0.2) is 0 Å². The van der Waals surface area contributed by atoms with E-state index in [-0.39, 0.29) is 0 Å². The average molecular weight is 141 g/mol. The molecule has 2 heteroatoms. The number of hydrogen-bond acceptors (Lipinski definition) is 1. The molecular formula is C8H17N2. The summed E-state index contributed by atoms with van der Waals surface area (Å²) in [6.45, 7) is 5.66. The molecule has 2 atom stereocenters. The van der Waals surface area contributed by atoms with Gasteiger partial charge in [-0.2, -0.15) is 0 Å². The van der Waals surface area contributed by atoms with Gasteiger partial charge in [0.2, 0.25) is 0 Å². The lowest BCUT2D eigenvalue weighted by Gasteiger charge is -2.18. The molecular weight excluding hydrogens is 124 g/mol. The molecule has 0 saturated carbocycles. The molecule has 1 saturated heterocycles. The molecule has 59 valence electrons. The van der Waals surface area contributed by atoms with Gasteiger partial charge in [-0.25, -0.2) is 5.32 Å². The van der Waals surface area contributed by atoms with Crippen molar-refractivity contribution in [1.29, 1.82) is 0 Å². The highest BCUT2D eigenvalue weighted by Gasteiger charge is 2.23. The molecule has 1 aliphatic rings. The lowest BCUT2D eigenvalue weighted by molar-refractivity contribution is 0.300. The quantitative estimate of drug-likeness (QED) is 0.545. The van der Waals surface area contributed by atoms with Gasteiger partial charge in [-0.15, -0.1) is 0 Å². The summed E-state index contributed by atoms with van der Waals surface area (Å²) >= 11 is 0. The fourth-order valence-corrected chi connectivity index (χ4v) is 1.48. The summed E-state index contributed by atoms with van der Waals surface area (Å²) in [6.07, 6.45) is 0. The molecule has 0 aliphatic carbocycles. The van der Waals surface area contributed by atoms with Crippen LogP contribution in [0.2, 0.25) is 0 Å². The maximum atomic E-state index is 4.37. The molecule has 1 heterocycles. The molecule has 1 rings (SSSR count). The standard InChI is InChI=1S/C8H17N2/c1-7-4-9-5-8(7)6-10(2)3/h7-8H,4-6H2,1-3H3. The van der Waals surface area contributed by atoms with Crippen molar-refractivity contribution in [1.82, 2.24) is 10.2 Å². The molecule has 10 heavy (non-hydrogen) atoms. The SMILES string of the molecule is CC1C[N]CC1CN(C)C. The van der Waals surface area contributed by atoms with E-state index in [0.717, 1.165) is 24.9 Å². The minimum atomic E-state index is 0.808. The maximum Gasteiger partial charge on any atom is 0.0177 e.